The lowest BCUT2D eigenvalue weighted by Gasteiger charge is -2.18. The maximum absolute atomic E-state index is 13.6. The van der Waals surface area contributed by atoms with Crippen LogP contribution in [0.2, 0.25) is 5.02 Å². The van der Waals surface area contributed by atoms with Crippen molar-refractivity contribution in [3.63, 3.8) is 0 Å². The van der Waals surface area contributed by atoms with Gasteiger partial charge >= 0.3 is 12.1 Å². The summed E-state index contributed by atoms with van der Waals surface area (Å²) in [6.07, 6.45) is -3.68. The van der Waals surface area contributed by atoms with E-state index in [9.17, 15) is 18.0 Å². The van der Waals surface area contributed by atoms with Gasteiger partial charge in [-0.1, -0.05) is 23.7 Å². The molecule has 2 heterocycles. The lowest BCUT2D eigenvalue weighted by Crippen LogP contribution is -2.13. The molecule has 1 atom stereocenters. The number of aryl methyl sites for hydroxylation is 1. The Morgan fingerprint density at radius 3 is 2.75 bits per heavy atom. The van der Waals surface area contributed by atoms with E-state index in [0.717, 1.165) is 11.6 Å². The molecule has 0 amide bonds. The highest BCUT2D eigenvalue weighted by molar-refractivity contribution is 6.36. The number of aromatic amines is 1. The molecule has 4 rings (SSSR count). The molecule has 0 radical (unpaired) electrons. The van der Waals surface area contributed by atoms with E-state index in [1.807, 2.05) is 0 Å². The van der Waals surface area contributed by atoms with Crippen LogP contribution in [0.25, 0.3) is 10.9 Å². The van der Waals surface area contributed by atoms with E-state index >= 15 is 0 Å². The molecule has 0 aliphatic carbocycles. The zero-order valence-electron chi connectivity index (χ0n) is 17.0. The van der Waals surface area contributed by atoms with Crippen LogP contribution in [-0.4, -0.2) is 29.3 Å². The largest absolute Gasteiger partial charge is 0.489 e. The molecule has 0 saturated carbocycles. The molecular weight excluding hydrogens is 447 g/mol. The number of benzene rings is 2. The Morgan fingerprint density at radius 1 is 1.25 bits per heavy atom. The number of H-pyrrole nitrogens is 1. The molecule has 1 fully saturated rings. The molecule has 32 heavy (non-hydrogen) atoms. The Bertz CT molecular complexity index is 1140. The Balaban J connectivity index is 1.52. The van der Waals surface area contributed by atoms with Crippen molar-refractivity contribution < 1.29 is 32.5 Å². The van der Waals surface area contributed by atoms with Crippen molar-refractivity contribution in [1.82, 2.24) is 4.98 Å². The predicted molar refractivity (Wildman–Crippen MR) is 113 cm³/mol. The second kappa shape index (κ2) is 9.03. The lowest BCUT2D eigenvalue weighted by atomic mass is 9.92. The Kier molecular flexibility index (Phi) is 6.35. The van der Waals surface area contributed by atoms with Gasteiger partial charge < -0.3 is 19.6 Å². The summed E-state index contributed by atoms with van der Waals surface area (Å²) in [5.74, 6) is -0.728. The lowest BCUT2D eigenvalue weighted by molar-refractivity contribution is -0.138. The number of carboxylic acid groups (broad SMARTS) is 1. The van der Waals surface area contributed by atoms with Crippen LogP contribution in [0.15, 0.2) is 36.4 Å². The Morgan fingerprint density at radius 2 is 2.06 bits per heavy atom. The molecule has 9 heteroatoms. The molecule has 0 bridgehead atoms. The fourth-order valence-corrected chi connectivity index (χ4v) is 4.23. The number of hydrogen-bond donors (Lipinski definition) is 2. The molecule has 1 unspecified atom stereocenters. The zero-order valence-corrected chi connectivity index (χ0v) is 17.7. The topological polar surface area (TPSA) is 71.5 Å². The van der Waals surface area contributed by atoms with Crippen LogP contribution >= 0.6 is 11.6 Å². The summed E-state index contributed by atoms with van der Waals surface area (Å²) in [4.78, 5) is 13.9. The number of nitrogens with one attached hydrogen (secondary N) is 1. The molecule has 1 aromatic heterocycles. The van der Waals surface area contributed by atoms with E-state index in [-0.39, 0.29) is 30.9 Å². The normalized spacial score (nSPS) is 16.6. The average molecular weight is 468 g/mol. The molecule has 0 spiro atoms. The van der Waals surface area contributed by atoms with Crippen LogP contribution in [0.4, 0.5) is 13.2 Å². The summed E-state index contributed by atoms with van der Waals surface area (Å²) in [6.45, 7) is 0.726. The van der Waals surface area contributed by atoms with Crippen LogP contribution in [-0.2, 0) is 28.7 Å². The molecule has 170 valence electrons. The molecule has 5 nitrogen and oxygen atoms in total. The van der Waals surface area contributed by atoms with E-state index in [2.05, 4.69) is 4.98 Å². The Labute approximate surface area is 187 Å². The van der Waals surface area contributed by atoms with Crippen LogP contribution in [0.3, 0.4) is 0 Å². The number of carboxylic acids is 1. The van der Waals surface area contributed by atoms with Crippen molar-refractivity contribution in [2.45, 2.75) is 38.0 Å². The number of halogens is 4. The van der Waals surface area contributed by atoms with Crippen LogP contribution < -0.4 is 4.74 Å². The zero-order chi connectivity index (χ0) is 22.9. The minimum atomic E-state index is -4.46. The highest BCUT2D eigenvalue weighted by Gasteiger charge is 2.36. The second-order valence-electron chi connectivity index (χ2n) is 7.79. The van der Waals surface area contributed by atoms with Crippen molar-refractivity contribution in [2.75, 3.05) is 13.2 Å². The van der Waals surface area contributed by atoms with Gasteiger partial charge in [-0.3, -0.25) is 4.79 Å². The van der Waals surface area contributed by atoms with Gasteiger partial charge in [-0.2, -0.15) is 13.2 Å². The maximum atomic E-state index is 13.6. The standard InChI is InChI=1S/C23H21ClF3NO4/c24-22-17-10-15(2-4-19(17)28-20(22)5-6-21(29)30)32-11-13-1-3-16(14-7-8-31-12-14)18(9-13)23(25,26)27/h1-4,9-10,14,28H,5-8,11-12H2,(H,29,30). The third-order valence-electron chi connectivity index (χ3n) is 5.56. The molecule has 2 aromatic carbocycles. The van der Waals surface area contributed by atoms with Crippen LogP contribution in [0.5, 0.6) is 5.75 Å². The van der Waals surface area contributed by atoms with Gasteiger partial charge in [-0.05, 0) is 48.2 Å². The molecule has 3 aromatic rings. The number of alkyl halides is 3. The SMILES string of the molecule is O=C(O)CCc1[nH]c2ccc(OCc3ccc(C4CCOC4)c(C(F)(F)F)c3)cc2c1Cl. The number of ether oxygens (including phenoxy) is 2. The minimum Gasteiger partial charge on any atom is -0.489 e. The summed E-state index contributed by atoms with van der Waals surface area (Å²) in [5.41, 5.74) is 1.35. The van der Waals surface area contributed by atoms with E-state index in [4.69, 9.17) is 26.2 Å². The summed E-state index contributed by atoms with van der Waals surface area (Å²) in [5, 5.41) is 9.93. The summed E-state index contributed by atoms with van der Waals surface area (Å²) >= 11 is 6.37. The number of hydrogen-bond acceptors (Lipinski definition) is 3. The third kappa shape index (κ3) is 4.86. The van der Waals surface area contributed by atoms with Crippen molar-refractivity contribution in [2.24, 2.45) is 0 Å². The maximum Gasteiger partial charge on any atom is 0.416 e. The van der Waals surface area contributed by atoms with Crippen molar-refractivity contribution in [3.05, 3.63) is 63.8 Å². The van der Waals surface area contributed by atoms with Gasteiger partial charge in [0, 0.05) is 29.1 Å². The van der Waals surface area contributed by atoms with E-state index < -0.39 is 17.7 Å². The number of aromatic nitrogens is 1. The quantitative estimate of drug-likeness (QED) is 0.451. The van der Waals surface area contributed by atoms with Crippen molar-refractivity contribution in [3.8, 4) is 5.75 Å². The summed E-state index contributed by atoms with van der Waals surface area (Å²) < 4.78 is 51.9. The summed E-state index contributed by atoms with van der Waals surface area (Å²) in [6, 6.07) is 9.42. The first-order valence-electron chi connectivity index (χ1n) is 10.1. The average Bonchev–Trinajstić information content (AvgIpc) is 3.38. The highest BCUT2D eigenvalue weighted by Crippen LogP contribution is 2.38. The van der Waals surface area contributed by atoms with Crippen molar-refractivity contribution >= 4 is 28.5 Å². The number of rotatable bonds is 7. The third-order valence-corrected chi connectivity index (χ3v) is 6.00. The predicted octanol–water partition coefficient (Wildman–Crippen LogP) is 5.94. The molecule has 2 N–H and O–H groups in total. The van der Waals surface area contributed by atoms with Gasteiger partial charge in [0.1, 0.15) is 12.4 Å². The van der Waals surface area contributed by atoms with Gasteiger partial charge in [0.2, 0.25) is 0 Å². The molecule has 1 aliphatic rings. The van der Waals surface area contributed by atoms with Gasteiger partial charge in [-0.25, -0.2) is 0 Å². The monoisotopic (exact) mass is 467 g/mol. The number of aliphatic carboxylic acids is 1. The highest BCUT2D eigenvalue weighted by atomic mass is 35.5. The van der Waals surface area contributed by atoms with E-state index in [1.54, 1.807) is 24.3 Å². The first kappa shape index (κ1) is 22.5. The minimum absolute atomic E-state index is 0.0378. The van der Waals surface area contributed by atoms with E-state index in [1.165, 1.54) is 6.07 Å². The number of fused-ring (bicyclic) bond motifs is 1. The molecule has 1 saturated heterocycles. The fraction of sp³-hybridized carbons (Fsp3) is 0.348. The van der Waals surface area contributed by atoms with Crippen LogP contribution in [0.1, 0.15) is 41.1 Å². The fourth-order valence-electron chi connectivity index (χ4n) is 3.93. The first-order chi connectivity index (χ1) is 15.2. The first-order valence-corrected chi connectivity index (χ1v) is 10.5. The second-order valence-corrected chi connectivity index (χ2v) is 8.17. The summed E-state index contributed by atoms with van der Waals surface area (Å²) in [7, 11) is 0. The number of carbonyl (C=O) groups is 1. The molecule has 1 aliphatic heterocycles. The smallest absolute Gasteiger partial charge is 0.416 e. The van der Waals surface area contributed by atoms with Gasteiger partial charge in [0.25, 0.3) is 0 Å². The van der Waals surface area contributed by atoms with Gasteiger partial charge in [0.15, 0.2) is 0 Å². The van der Waals surface area contributed by atoms with Crippen LogP contribution in [0, 0.1) is 0 Å². The molecular formula is C23H21ClF3NO4. The van der Waals surface area contributed by atoms with Gasteiger partial charge in [-0.15, -0.1) is 0 Å². The van der Waals surface area contributed by atoms with Crippen molar-refractivity contribution in [1.29, 1.82) is 0 Å². The van der Waals surface area contributed by atoms with Gasteiger partial charge in [0.05, 0.1) is 23.6 Å². The van der Waals surface area contributed by atoms with E-state index in [0.29, 0.717) is 47.1 Å². The Hall–Kier alpha value is -2.71.